The Morgan fingerprint density at radius 2 is 2.22 bits per heavy atom. The van der Waals surface area contributed by atoms with E-state index in [1.165, 1.54) is 0 Å². The van der Waals surface area contributed by atoms with E-state index in [9.17, 15) is 9.90 Å². The van der Waals surface area contributed by atoms with Gasteiger partial charge in [0.05, 0.1) is 17.6 Å². The molecular weight excluding hydrogens is 228 g/mol. The summed E-state index contributed by atoms with van der Waals surface area (Å²) in [5, 5.41) is 16.4. The van der Waals surface area contributed by atoms with Gasteiger partial charge in [0, 0.05) is 6.54 Å². The van der Waals surface area contributed by atoms with Crippen molar-refractivity contribution in [3.8, 4) is 0 Å². The van der Waals surface area contributed by atoms with E-state index in [4.69, 9.17) is 0 Å². The fourth-order valence-electron chi connectivity index (χ4n) is 3.34. The first-order chi connectivity index (χ1) is 8.68. The number of nitrogens with one attached hydrogen (secondary N) is 2. The highest BCUT2D eigenvalue weighted by molar-refractivity contribution is 5.83. The number of rotatable bonds is 4. The predicted molar refractivity (Wildman–Crippen MR) is 71.2 cm³/mol. The lowest BCUT2D eigenvalue weighted by Gasteiger charge is -2.33. The van der Waals surface area contributed by atoms with E-state index in [-0.39, 0.29) is 23.5 Å². The minimum absolute atomic E-state index is 0.0272. The van der Waals surface area contributed by atoms with E-state index in [0.29, 0.717) is 0 Å². The number of aliphatic hydroxyl groups is 1. The molecule has 1 saturated carbocycles. The van der Waals surface area contributed by atoms with E-state index in [1.54, 1.807) is 0 Å². The molecule has 1 amide bonds. The van der Waals surface area contributed by atoms with Gasteiger partial charge < -0.3 is 15.7 Å². The van der Waals surface area contributed by atoms with Crippen LogP contribution in [0.25, 0.3) is 0 Å². The zero-order chi connectivity index (χ0) is 13.0. The lowest BCUT2D eigenvalue weighted by molar-refractivity contribution is -0.132. The summed E-state index contributed by atoms with van der Waals surface area (Å²) in [6.45, 7) is 3.85. The van der Waals surface area contributed by atoms with Crippen LogP contribution in [0.4, 0.5) is 0 Å². The quantitative estimate of drug-likeness (QED) is 0.706. The summed E-state index contributed by atoms with van der Waals surface area (Å²) in [4.78, 5) is 12.5. The Balaban J connectivity index is 1.96. The Hall–Kier alpha value is -0.610. The minimum atomic E-state index is -0.351. The molecule has 4 heteroatoms. The lowest BCUT2D eigenvalue weighted by atomic mass is 9.80. The van der Waals surface area contributed by atoms with Crippen LogP contribution in [0.5, 0.6) is 0 Å². The SMILES string of the molecule is CCCC1(C(=O)N[C@@H]2CCCC[C@H]2O)CCNC1. The third-order valence-electron chi connectivity index (χ3n) is 4.50. The molecule has 0 radical (unpaired) electrons. The van der Waals surface area contributed by atoms with Crippen LogP contribution in [0.2, 0.25) is 0 Å². The van der Waals surface area contributed by atoms with Gasteiger partial charge in [-0.25, -0.2) is 0 Å². The third kappa shape index (κ3) is 2.86. The number of carbonyl (C=O) groups excluding carboxylic acids is 1. The molecule has 0 spiro atoms. The van der Waals surface area contributed by atoms with Crippen molar-refractivity contribution < 1.29 is 9.90 Å². The molecule has 1 aliphatic heterocycles. The summed E-state index contributed by atoms with van der Waals surface area (Å²) in [5.41, 5.74) is -0.230. The van der Waals surface area contributed by atoms with Crippen LogP contribution < -0.4 is 10.6 Å². The average Bonchev–Trinajstić information content (AvgIpc) is 2.82. The summed E-state index contributed by atoms with van der Waals surface area (Å²) < 4.78 is 0. The topological polar surface area (TPSA) is 61.4 Å². The van der Waals surface area contributed by atoms with Crippen molar-refractivity contribution in [2.24, 2.45) is 5.41 Å². The normalized spacial score (nSPS) is 36.6. The maximum Gasteiger partial charge on any atom is 0.227 e. The molecule has 1 unspecified atom stereocenters. The maximum atomic E-state index is 12.5. The second kappa shape index (κ2) is 6.02. The number of hydrogen-bond acceptors (Lipinski definition) is 3. The molecule has 104 valence electrons. The van der Waals surface area contributed by atoms with Crippen LogP contribution in [0.3, 0.4) is 0 Å². The van der Waals surface area contributed by atoms with Crippen molar-refractivity contribution in [1.29, 1.82) is 0 Å². The van der Waals surface area contributed by atoms with E-state index >= 15 is 0 Å². The van der Waals surface area contributed by atoms with Crippen LogP contribution in [-0.2, 0) is 4.79 Å². The molecule has 0 aromatic heterocycles. The van der Waals surface area contributed by atoms with Crippen molar-refractivity contribution in [3.63, 3.8) is 0 Å². The summed E-state index contributed by atoms with van der Waals surface area (Å²) in [7, 11) is 0. The molecular formula is C14H26N2O2. The molecule has 0 aromatic rings. The van der Waals surface area contributed by atoms with Crippen LogP contribution in [0.1, 0.15) is 51.9 Å². The molecule has 2 rings (SSSR count). The zero-order valence-corrected chi connectivity index (χ0v) is 11.4. The van der Waals surface area contributed by atoms with Gasteiger partial charge in [-0.2, -0.15) is 0 Å². The fourth-order valence-corrected chi connectivity index (χ4v) is 3.34. The van der Waals surface area contributed by atoms with Gasteiger partial charge in [0.1, 0.15) is 0 Å². The number of amides is 1. The highest BCUT2D eigenvalue weighted by Crippen LogP contribution is 2.32. The van der Waals surface area contributed by atoms with Gasteiger partial charge in [-0.3, -0.25) is 4.79 Å². The number of carbonyl (C=O) groups is 1. The first kappa shape index (κ1) is 13.8. The molecule has 1 aliphatic carbocycles. The van der Waals surface area contributed by atoms with Gasteiger partial charge in [0.15, 0.2) is 0 Å². The highest BCUT2D eigenvalue weighted by atomic mass is 16.3. The monoisotopic (exact) mass is 254 g/mol. The first-order valence-electron chi connectivity index (χ1n) is 7.38. The maximum absolute atomic E-state index is 12.5. The molecule has 3 N–H and O–H groups in total. The zero-order valence-electron chi connectivity index (χ0n) is 11.4. The Kier molecular flexibility index (Phi) is 4.62. The summed E-state index contributed by atoms with van der Waals surface area (Å²) in [6, 6.07) is -0.0272. The van der Waals surface area contributed by atoms with Gasteiger partial charge in [0.2, 0.25) is 5.91 Å². The van der Waals surface area contributed by atoms with E-state index in [2.05, 4.69) is 17.6 Å². The lowest BCUT2D eigenvalue weighted by Crippen LogP contribution is -2.51. The van der Waals surface area contributed by atoms with Crippen molar-refractivity contribution in [2.45, 2.75) is 64.0 Å². The summed E-state index contributed by atoms with van der Waals surface area (Å²) >= 11 is 0. The van der Waals surface area contributed by atoms with Crippen LogP contribution in [-0.4, -0.2) is 36.2 Å². The van der Waals surface area contributed by atoms with Gasteiger partial charge >= 0.3 is 0 Å². The molecule has 2 aliphatic rings. The molecule has 1 saturated heterocycles. The molecule has 0 aromatic carbocycles. The fraction of sp³-hybridized carbons (Fsp3) is 0.929. The standard InChI is InChI=1S/C14H26N2O2/c1-2-7-14(8-9-15-10-14)13(18)16-11-5-3-4-6-12(11)17/h11-12,15,17H,2-10H2,1H3,(H,16,18)/t11-,12-,14?/m1/s1. The van der Waals surface area contributed by atoms with Gasteiger partial charge in [0.25, 0.3) is 0 Å². The minimum Gasteiger partial charge on any atom is -0.391 e. The van der Waals surface area contributed by atoms with E-state index in [1.807, 2.05) is 0 Å². The average molecular weight is 254 g/mol. The van der Waals surface area contributed by atoms with Crippen LogP contribution in [0, 0.1) is 5.41 Å². The van der Waals surface area contributed by atoms with Gasteiger partial charge in [-0.1, -0.05) is 26.2 Å². The number of hydrogen-bond donors (Lipinski definition) is 3. The second-order valence-electron chi connectivity index (χ2n) is 5.89. The molecule has 0 bridgehead atoms. The highest BCUT2D eigenvalue weighted by Gasteiger charge is 2.41. The van der Waals surface area contributed by atoms with E-state index in [0.717, 1.165) is 58.0 Å². The second-order valence-corrected chi connectivity index (χ2v) is 5.89. The third-order valence-corrected chi connectivity index (χ3v) is 4.50. The summed E-state index contributed by atoms with van der Waals surface area (Å²) in [6.07, 6.45) is 6.48. The smallest absolute Gasteiger partial charge is 0.227 e. The van der Waals surface area contributed by atoms with Crippen LogP contribution >= 0.6 is 0 Å². The first-order valence-corrected chi connectivity index (χ1v) is 7.38. The number of aliphatic hydroxyl groups excluding tert-OH is 1. The Morgan fingerprint density at radius 3 is 2.83 bits per heavy atom. The van der Waals surface area contributed by atoms with Crippen molar-refractivity contribution in [2.75, 3.05) is 13.1 Å². The Bertz CT molecular complexity index is 288. The van der Waals surface area contributed by atoms with Crippen molar-refractivity contribution in [3.05, 3.63) is 0 Å². The van der Waals surface area contributed by atoms with Crippen molar-refractivity contribution >= 4 is 5.91 Å². The molecule has 18 heavy (non-hydrogen) atoms. The Morgan fingerprint density at radius 1 is 1.44 bits per heavy atom. The molecule has 3 atom stereocenters. The molecule has 4 nitrogen and oxygen atoms in total. The van der Waals surface area contributed by atoms with Gasteiger partial charge in [-0.15, -0.1) is 0 Å². The predicted octanol–water partition coefficient (Wildman–Crippen LogP) is 1.19. The summed E-state index contributed by atoms with van der Waals surface area (Å²) in [5.74, 6) is 0.153. The van der Waals surface area contributed by atoms with Crippen LogP contribution in [0.15, 0.2) is 0 Å². The van der Waals surface area contributed by atoms with E-state index < -0.39 is 0 Å². The molecule has 1 heterocycles. The Labute approximate surface area is 110 Å². The largest absolute Gasteiger partial charge is 0.391 e. The van der Waals surface area contributed by atoms with Gasteiger partial charge in [-0.05, 0) is 32.2 Å². The van der Waals surface area contributed by atoms with Crippen molar-refractivity contribution in [1.82, 2.24) is 10.6 Å². The molecule has 2 fully saturated rings.